The van der Waals surface area contributed by atoms with Crippen LogP contribution >= 0.6 is 0 Å². The van der Waals surface area contributed by atoms with E-state index in [1.165, 1.54) is 11.9 Å². The summed E-state index contributed by atoms with van der Waals surface area (Å²) >= 11 is 0. The van der Waals surface area contributed by atoms with E-state index in [1.807, 2.05) is 30.3 Å². The van der Waals surface area contributed by atoms with Gasteiger partial charge in [0.05, 0.1) is 24.1 Å². The van der Waals surface area contributed by atoms with Gasteiger partial charge in [0.2, 0.25) is 5.95 Å². The second kappa shape index (κ2) is 9.29. The molecule has 2 bridgehead atoms. The minimum atomic E-state index is -4.73. The number of nitrogens with one attached hydrogen (secondary N) is 1. The van der Waals surface area contributed by atoms with E-state index in [-0.39, 0.29) is 31.7 Å². The van der Waals surface area contributed by atoms with Gasteiger partial charge in [-0.1, -0.05) is 12.1 Å². The number of H-pyrrole nitrogens is 1. The summed E-state index contributed by atoms with van der Waals surface area (Å²) < 4.78 is 46.5. The summed E-state index contributed by atoms with van der Waals surface area (Å²) in [6.45, 7) is 0.747. The number of aliphatic hydroxyl groups is 1. The van der Waals surface area contributed by atoms with Gasteiger partial charge >= 0.3 is 18.3 Å². The molecule has 1 aromatic heterocycles. The molecule has 6 rings (SSSR count). The first-order valence-electron chi connectivity index (χ1n) is 13.0. The van der Waals surface area contributed by atoms with Crippen LogP contribution in [0.1, 0.15) is 31.2 Å². The summed E-state index contributed by atoms with van der Waals surface area (Å²) in [7, 11) is 1.40. The van der Waals surface area contributed by atoms with E-state index < -0.39 is 42.8 Å². The van der Waals surface area contributed by atoms with Crippen LogP contribution in [-0.4, -0.2) is 86.2 Å². The lowest BCUT2D eigenvalue weighted by atomic mass is 9.85. The molecule has 0 radical (unpaired) electrons. The molecule has 212 valence electrons. The number of carbonyl (C=O) groups is 2. The number of aromatic nitrogens is 2. The van der Waals surface area contributed by atoms with Crippen LogP contribution in [0, 0.1) is 0 Å². The number of fused-ring (bicyclic) bond motifs is 4. The molecule has 13 heteroatoms. The first kappa shape index (κ1) is 26.2. The van der Waals surface area contributed by atoms with E-state index >= 15 is 0 Å². The van der Waals surface area contributed by atoms with Crippen molar-refractivity contribution in [3.05, 3.63) is 42.0 Å². The molecule has 4 heterocycles. The number of hydrogen-bond acceptors (Lipinski definition) is 5. The number of hydrogen-bond donors (Lipinski definition) is 3. The van der Waals surface area contributed by atoms with E-state index in [1.54, 1.807) is 11.0 Å². The van der Waals surface area contributed by atoms with Crippen molar-refractivity contribution in [1.82, 2.24) is 19.8 Å². The normalized spacial score (nSPS) is 24.4. The number of piperidine rings is 1. The van der Waals surface area contributed by atoms with Crippen molar-refractivity contribution in [2.45, 2.75) is 56.1 Å². The fourth-order valence-corrected chi connectivity index (χ4v) is 6.09. The van der Waals surface area contributed by atoms with E-state index in [0.717, 1.165) is 21.6 Å². The Kier molecular flexibility index (Phi) is 6.09. The van der Waals surface area contributed by atoms with Crippen molar-refractivity contribution in [2.24, 2.45) is 0 Å². The smallest absolute Gasteiger partial charge is 0.417 e. The largest absolute Gasteiger partial charge is 0.491 e. The molecule has 0 aliphatic carbocycles. The number of ether oxygens (including phenoxy) is 1. The van der Waals surface area contributed by atoms with Crippen LogP contribution in [-0.2, 0) is 6.54 Å². The third kappa shape index (κ3) is 4.37. The average molecular weight is 560 g/mol. The van der Waals surface area contributed by atoms with Gasteiger partial charge in [0.1, 0.15) is 12.4 Å². The van der Waals surface area contributed by atoms with Crippen LogP contribution in [0.15, 0.2) is 36.4 Å². The Balaban J connectivity index is 1.24. The topological polar surface area (TPSA) is 122 Å². The summed E-state index contributed by atoms with van der Waals surface area (Å²) in [5, 5.41) is 19.5. The highest BCUT2D eigenvalue weighted by molar-refractivity contribution is 5.88. The first-order chi connectivity index (χ1) is 18.9. The highest BCUT2D eigenvalue weighted by atomic mass is 19.4. The van der Waals surface area contributed by atoms with E-state index in [4.69, 9.17) is 4.74 Å². The number of alkyl halides is 3. The fraction of sp³-hybridized carbons (Fsp3) is 0.444. The Morgan fingerprint density at radius 2 is 1.80 bits per heavy atom. The van der Waals surface area contributed by atoms with Crippen LogP contribution in [0.5, 0.6) is 5.75 Å². The molecule has 3 aliphatic heterocycles. The molecule has 2 fully saturated rings. The molecule has 2 atom stereocenters. The van der Waals surface area contributed by atoms with Gasteiger partial charge in [-0.25, -0.2) is 14.6 Å². The molecule has 2 saturated heterocycles. The highest BCUT2D eigenvalue weighted by Gasteiger charge is 2.61. The highest BCUT2D eigenvalue weighted by Crippen LogP contribution is 2.48. The molecular weight excluding hydrogens is 531 g/mol. The third-order valence-electron chi connectivity index (χ3n) is 8.23. The lowest BCUT2D eigenvalue weighted by Gasteiger charge is -2.45. The van der Waals surface area contributed by atoms with E-state index in [0.29, 0.717) is 29.6 Å². The number of rotatable bonds is 2. The van der Waals surface area contributed by atoms with Crippen molar-refractivity contribution in [3.8, 4) is 16.9 Å². The number of halogens is 3. The number of carbonyl (C=O) groups excluding carboxylic acids is 1. The molecule has 3 aliphatic rings. The molecule has 3 N–H and O–H groups in total. The molecule has 2 aromatic carbocycles. The predicted octanol–water partition coefficient (Wildman–Crippen LogP) is 4.58. The molecule has 10 nitrogen and oxygen atoms in total. The number of anilines is 1. The average Bonchev–Trinajstić information content (AvgIpc) is 3.36. The van der Waals surface area contributed by atoms with Crippen molar-refractivity contribution >= 4 is 29.1 Å². The van der Waals surface area contributed by atoms with Gasteiger partial charge in [0.15, 0.2) is 5.60 Å². The van der Waals surface area contributed by atoms with Crippen LogP contribution in [0.4, 0.5) is 28.7 Å². The Labute approximate surface area is 226 Å². The second-order valence-corrected chi connectivity index (χ2v) is 10.7. The Morgan fingerprint density at radius 3 is 2.48 bits per heavy atom. The number of amides is 3. The molecule has 40 heavy (non-hydrogen) atoms. The SMILES string of the molecule is CN(C(=O)O)c1nc2ccc(-c3ccc4c(c3)CN(C(=O)N3C5CCC3CC(O)(C(F)(F)F)C5)CCO4)cc2[nH]1. The lowest BCUT2D eigenvalue weighted by Crippen LogP contribution is -2.60. The maximum atomic E-state index is 13.6. The van der Waals surface area contributed by atoms with Gasteiger partial charge in [0, 0.05) is 37.5 Å². The van der Waals surface area contributed by atoms with Crippen molar-refractivity contribution in [3.63, 3.8) is 0 Å². The van der Waals surface area contributed by atoms with Gasteiger partial charge in [-0.2, -0.15) is 13.2 Å². The second-order valence-electron chi connectivity index (χ2n) is 10.7. The minimum Gasteiger partial charge on any atom is -0.491 e. The first-order valence-corrected chi connectivity index (χ1v) is 13.0. The number of urea groups is 1. The Bertz CT molecular complexity index is 1480. The van der Waals surface area contributed by atoms with Gasteiger partial charge < -0.3 is 29.7 Å². The molecular formula is C27H28F3N5O5. The zero-order valence-corrected chi connectivity index (χ0v) is 21.6. The predicted molar refractivity (Wildman–Crippen MR) is 138 cm³/mol. The van der Waals surface area contributed by atoms with Crippen molar-refractivity contribution in [1.29, 1.82) is 0 Å². The summed E-state index contributed by atoms with van der Waals surface area (Å²) in [5.74, 6) is 0.824. The molecule has 3 aromatic rings. The Morgan fingerprint density at radius 1 is 1.12 bits per heavy atom. The van der Waals surface area contributed by atoms with Gasteiger partial charge in [-0.15, -0.1) is 0 Å². The molecule has 0 spiro atoms. The number of nitrogens with zero attached hydrogens (tertiary/aromatic N) is 4. The number of benzene rings is 2. The quantitative estimate of drug-likeness (QED) is 0.423. The minimum absolute atomic E-state index is 0.199. The monoisotopic (exact) mass is 559 g/mol. The van der Waals surface area contributed by atoms with Crippen molar-refractivity contribution < 1.29 is 37.7 Å². The van der Waals surface area contributed by atoms with Crippen LogP contribution in [0.3, 0.4) is 0 Å². The Hall–Kier alpha value is -4.00. The summed E-state index contributed by atoms with van der Waals surface area (Å²) in [6.07, 6.45) is -6.03. The van der Waals surface area contributed by atoms with Crippen molar-refractivity contribution in [2.75, 3.05) is 25.1 Å². The van der Waals surface area contributed by atoms with E-state index in [9.17, 15) is 33.0 Å². The van der Waals surface area contributed by atoms with Gasteiger partial charge in [-0.3, -0.25) is 4.90 Å². The van der Waals surface area contributed by atoms with Gasteiger partial charge in [-0.05, 0) is 48.2 Å². The van der Waals surface area contributed by atoms with Crippen LogP contribution in [0.25, 0.3) is 22.2 Å². The number of imidazole rings is 1. The van der Waals surface area contributed by atoms with Crippen LogP contribution in [0.2, 0.25) is 0 Å². The molecule has 0 saturated carbocycles. The summed E-state index contributed by atoms with van der Waals surface area (Å²) in [4.78, 5) is 36.3. The summed E-state index contributed by atoms with van der Waals surface area (Å²) in [6, 6.07) is 9.46. The third-order valence-corrected chi connectivity index (χ3v) is 8.23. The number of aromatic amines is 1. The zero-order chi connectivity index (χ0) is 28.4. The van der Waals surface area contributed by atoms with Crippen LogP contribution < -0.4 is 9.64 Å². The molecule has 3 amide bonds. The number of carboxylic acid groups (broad SMARTS) is 1. The standard InChI is InChI=1S/C27H28F3N5O5/c1-33(25(37)38)23-31-20-6-2-16(11-21(20)32-23)15-3-7-22-17(10-15)14-34(8-9-40-22)24(36)35-18-4-5-19(35)13-26(39,12-18)27(28,29)30/h2-3,6-7,10-11,18-19,39H,4-5,8-9,12-14H2,1H3,(H,31,32)(H,37,38). The maximum Gasteiger partial charge on any atom is 0.417 e. The zero-order valence-electron chi connectivity index (χ0n) is 21.6. The summed E-state index contributed by atoms with van der Waals surface area (Å²) in [5.41, 5.74) is 0.938. The fourth-order valence-electron chi connectivity index (χ4n) is 6.09. The maximum absolute atomic E-state index is 13.6. The molecule has 2 unspecified atom stereocenters. The lowest BCUT2D eigenvalue weighted by molar-refractivity contribution is -0.277. The van der Waals surface area contributed by atoms with Gasteiger partial charge in [0.25, 0.3) is 0 Å². The van der Waals surface area contributed by atoms with E-state index in [2.05, 4.69) is 9.97 Å².